The van der Waals surface area contributed by atoms with E-state index in [1.54, 1.807) is 20.3 Å². The van der Waals surface area contributed by atoms with E-state index in [9.17, 15) is 5.26 Å². The molecule has 0 aliphatic rings. The van der Waals surface area contributed by atoms with E-state index in [4.69, 9.17) is 9.47 Å². The van der Waals surface area contributed by atoms with Crippen LogP contribution >= 0.6 is 0 Å². The van der Waals surface area contributed by atoms with E-state index in [0.29, 0.717) is 17.1 Å². The van der Waals surface area contributed by atoms with Gasteiger partial charge in [-0.15, -0.1) is 0 Å². The fourth-order valence-corrected chi connectivity index (χ4v) is 1.78. The summed E-state index contributed by atoms with van der Waals surface area (Å²) in [6.45, 7) is 0. The number of hydrogen-bond donors (Lipinski definition) is 0. The van der Waals surface area contributed by atoms with Crippen molar-refractivity contribution in [3.63, 3.8) is 0 Å². The quantitative estimate of drug-likeness (QED) is 0.770. The third-order valence-electron chi connectivity index (χ3n) is 2.52. The van der Waals surface area contributed by atoms with Crippen molar-refractivity contribution in [2.24, 2.45) is 0 Å². The van der Waals surface area contributed by atoms with Crippen molar-refractivity contribution in [2.45, 2.75) is 0 Å². The smallest absolute Gasteiger partial charge is 0.137 e. The Balaban J connectivity index is 2.90. The third-order valence-corrected chi connectivity index (χ3v) is 2.52. The lowest BCUT2D eigenvalue weighted by Crippen LogP contribution is -1.92. The van der Waals surface area contributed by atoms with E-state index in [1.165, 1.54) is 0 Å². The molecule has 3 nitrogen and oxygen atoms in total. The molecule has 2 aromatic carbocycles. The summed E-state index contributed by atoms with van der Waals surface area (Å²) in [5.74, 6) is 1.26. The molecular weight excluding hydrogens is 202 g/mol. The molecule has 0 radical (unpaired) electrons. The van der Waals surface area contributed by atoms with Crippen molar-refractivity contribution < 1.29 is 9.47 Å². The molecule has 0 N–H and O–H groups in total. The van der Waals surface area contributed by atoms with Crippen molar-refractivity contribution in [1.29, 1.82) is 5.26 Å². The summed E-state index contributed by atoms with van der Waals surface area (Å²) in [5, 5.41) is 10.9. The zero-order chi connectivity index (χ0) is 11.5. The number of hydrogen-bond acceptors (Lipinski definition) is 3. The molecule has 0 heterocycles. The maximum atomic E-state index is 9.18. The highest BCUT2D eigenvalue weighted by Gasteiger charge is 2.11. The minimum atomic E-state index is 0.512. The summed E-state index contributed by atoms with van der Waals surface area (Å²) in [4.78, 5) is 0. The standard InChI is InChI=1S/C13H11NO2/c1-15-11-7-6-9-4-3-5-12(16-2)13(9)10(11)8-14/h3-7H,1-2H3. The van der Waals surface area contributed by atoms with Gasteiger partial charge in [-0.25, -0.2) is 0 Å². The van der Waals surface area contributed by atoms with Crippen LogP contribution in [0.2, 0.25) is 0 Å². The zero-order valence-corrected chi connectivity index (χ0v) is 9.15. The van der Waals surface area contributed by atoms with Gasteiger partial charge in [0.25, 0.3) is 0 Å². The average molecular weight is 213 g/mol. The molecule has 80 valence electrons. The van der Waals surface area contributed by atoms with Gasteiger partial charge in [0.15, 0.2) is 0 Å². The van der Waals surface area contributed by atoms with Crippen molar-refractivity contribution in [2.75, 3.05) is 14.2 Å². The lowest BCUT2D eigenvalue weighted by atomic mass is 10.0. The fourth-order valence-electron chi connectivity index (χ4n) is 1.78. The van der Waals surface area contributed by atoms with Crippen LogP contribution in [0.25, 0.3) is 10.8 Å². The van der Waals surface area contributed by atoms with Crippen LogP contribution in [0.1, 0.15) is 5.56 Å². The van der Waals surface area contributed by atoms with Crippen LogP contribution in [0.5, 0.6) is 11.5 Å². The third kappa shape index (κ3) is 1.45. The molecule has 0 bridgehead atoms. The van der Waals surface area contributed by atoms with Gasteiger partial charge in [0.1, 0.15) is 23.1 Å². The SMILES string of the molecule is COc1ccc2cccc(OC)c2c1C#N. The minimum Gasteiger partial charge on any atom is -0.496 e. The largest absolute Gasteiger partial charge is 0.496 e. The molecule has 0 atom stereocenters. The van der Waals surface area contributed by atoms with Gasteiger partial charge in [0.2, 0.25) is 0 Å². The highest BCUT2D eigenvalue weighted by atomic mass is 16.5. The number of ether oxygens (including phenoxy) is 2. The molecule has 0 spiro atoms. The Labute approximate surface area is 93.8 Å². The van der Waals surface area contributed by atoms with E-state index >= 15 is 0 Å². The zero-order valence-electron chi connectivity index (χ0n) is 9.15. The Bertz CT molecular complexity index is 570. The number of rotatable bonds is 2. The summed E-state index contributed by atoms with van der Waals surface area (Å²) in [7, 11) is 3.15. The maximum Gasteiger partial charge on any atom is 0.137 e. The summed E-state index contributed by atoms with van der Waals surface area (Å²) in [5.41, 5.74) is 0.512. The average Bonchev–Trinajstić information content (AvgIpc) is 2.36. The van der Waals surface area contributed by atoms with Gasteiger partial charge in [-0.3, -0.25) is 0 Å². The second kappa shape index (κ2) is 4.11. The van der Waals surface area contributed by atoms with Gasteiger partial charge in [-0.2, -0.15) is 5.26 Å². The van der Waals surface area contributed by atoms with Gasteiger partial charge in [0, 0.05) is 5.39 Å². The Hall–Kier alpha value is -2.21. The number of nitrogens with zero attached hydrogens (tertiary/aromatic N) is 1. The predicted octanol–water partition coefficient (Wildman–Crippen LogP) is 2.73. The van der Waals surface area contributed by atoms with E-state index < -0.39 is 0 Å². The van der Waals surface area contributed by atoms with Gasteiger partial charge >= 0.3 is 0 Å². The van der Waals surface area contributed by atoms with E-state index in [0.717, 1.165) is 10.8 Å². The van der Waals surface area contributed by atoms with Gasteiger partial charge < -0.3 is 9.47 Å². The van der Waals surface area contributed by atoms with Crippen molar-refractivity contribution in [1.82, 2.24) is 0 Å². The van der Waals surface area contributed by atoms with Crippen molar-refractivity contribution in [3.05, 3.63) is 35.9 Å². The first-order chi connectivity index (χ1) is 7.81. The van der Waals surface area contributed by atoms with Crippen LogP contribution in [-0.2, 0) is 0 Å². The molecule has 0 aliphatic heterocycles. The summed E-state index contributed by atoms with van der Waals surface area (Å²) in [6.07, 6.45) is 0. The second-order valence-electron chi connectivity index (χ2n) is 3.31. The molecule has 0 saturated heterocycles. The van der Waals surface area contributed by atoms with Crippen LogP contribution < -0.4 is 9.47 Å². The van der Waals surface area contributed by atoms with Crippen LogP contribution in [0, 0.1) is 11.3 Å². The number of fused-ring (bicyclic) bond motifs is 1. The van der Waals surface area contributed by atoms with Gasteiger partial charge in [0.05, 0.1) is 14.2 Å². The Kier molecular flexibility index (Phi) is 2.65. The monoisotopic (exact) mass is 213 g/mol. The Morgan fingerprint density at radius 2 is 1.75 bits per heavy atom. The molecule has 2 aromatic rings. The lowest BCUT2D eigenvalue weighted by molar-refractivity contribution is 0.411. The molecule has 16 heavy (non-hydrogen) atoms. The van der Waals surface area contributed by atoms with Gasteiger partial charge in [-0.1, -0.05) is 18.2 Å². The number of methoxy groups -OCH3 is 2. The number of nitriles is 1. The van der Waals surface area contributed by atoms with Crippen molar-refractivity contribution in [3.8, 4) is 17.6 Å². The molecule has 0 aliphatic carbocycles. The van der Waals surface area contributed by atoms with Crippen LogP contribution in [0.4, 0.5) is 0 Å². The lowest BCUT2D eigenvalue weighted by Gasteiger charge is -2.09. The molecule has 0 saturated carbocycles. The van der Waals surface area contributed by atoms with Crippen LogP contribution in [0.15, 0.2) is 30.3 Å². The van der Waals surface area contributed by atoms with E-state index in [-0.39, 0.29) is 0 Å². The predicted molar refractivity (Wildman–Crippen MR) is 61.8 cm³/mol. The summed E-state index contributed by atoms with van der Waals surface area (Å²) < 4.78 is 10.4. The fraction of sp³-hybridized carbons (Fsp3) is 0.154. The molecule has 0 unspecified atom stereocenters. The summed E-state index contributed by atoms with van der Waals surface area (Å²) in [6, 6.07) is 11.5. The number of benzene rings is 2. The molecule has 0 amide bonds. The van der Waals surface area contributed by atoms with E-state index in [1.807, 2.05) is 24.3 Å². The van der Waals surface area contributed by atoms with Gasteiger partial charge in [-0.05, 0) is 17.5 Å². The van der Waals surface area contributed by atoms with Crippen LogP contribution in [0.3, 0.4) is 0 Å². The molecule has 2 rings (SSSR count). The highest BCUT2D eigenvalue weighted by Crippen LogP contribution is 2.33. The van der Waals surface area contributed by atoms with Crippen molar-refractivity contribution >= 4 is 10.8 Å². The Morgan fingerprint density at radius 1 is 1.00 bits per heavy atom. The molecule has 0 aromatic heterocycles. The molecule has 0 fully saturated rings. The van der Waals surface area contributed by atoms with E-state index in [2.05, 4.69) is 6.07 Å². The normalized spacial score (nSPS) is 9.81. The Morgan fingerprint density at radius 3 is 2.38 bits per heavy atom. The minimum absolute atomic E-state index is 0.512. The summed E-state index contributed by atoms with van der Waals surface area (Å²) >= 11 is 0. The molecular formula is C13H11NO2. The second-order valence-corrected chi connectivity index (χ2v) is 3.31. The first-order valence-electron chi connectivity index (χ1n) is 4.85. The maximum absolute atomic E-state index is 9.18. The highest BCUT2D eigenvalue weighted by molar-refractivity contribution is 5.95. The van der Waals surface area contributed by atoms with Crippen LogP contribution in [-0.4, -0.2) is 14.2 Å². The first-order valence-corrected chi connectivity index (χ1v) is 4.85. The molecule has 3 heteroatoms. The first kappa shape index (κ1) is 10.3. The topological polar surface area (TPSA) is 42.2 Å².